The monoisotopic (exact) mass is 169 g/mol. The highest BCUT2D eigenvalue weighted by atomic mass is 17.1. The highest BCUT2D eigenvalue weighted by Crippen LogP contribution is 2.21. The smallest absolute Gasteiger partial charge is 0.442 e. The summed E-state index contributed by atoms with van der Waals surface area (Å²) in [4.78, 5) is 13.8. The van der Waals surface area contributed by atoms with Crippen LogP contribution in [0.25, 0.3) is 0 Å². The van der Waals surface area contributed by atoms with Crippen LogP contribution in [-0.2, 0) is 4.89 Å². The summed E-state index contributed by atoms with van der Waals surface area (Å²) in [6.45, 7) is 0. The maximum atomic E-state index is 10.4. The van der Waals surface area contributed by atoms with Crippen LogP contribution in [0.5, 0.6) is 5.75 Å². The highest BCUT2D eigenvalue weighted by Gasteiger charge is 2.04. The van der Waals surface area contributed by atoms with Gasteiger partial charge < -0.3 is 5.11 Å². The number of benzene rings is 1. The Morgan fingerprint density at radius 1 is 1.42 bits per heavy atom. The summed E-state index contributed by atoms with van der Waals surface area (Å²) < 4.78 is 0. The van der Waals surface area contributed by atoms with Gasteiger partial charge in [-0.1, -0.05) is 12.1 Å². The van der Waals surface area contributed by atoms with Crippen LogP contribution in [0, 0.1) is 0 Å². The predicted molar refractivity (Wildman–Crippen MR) is 40.8 cm³/mol. The number of amides is 1. The molecule has 0 unspecified atom stereocenters. The van der Waals surface area contributed by atoms with E-state index in [0.717, 1.165) is 0 Å². The van der Waals surface area contributed by atoms with E-state index in [1.165, 1.54) is 12.1 Å². The van der Waals surface area contributed by atoms with Crippen LogP contribution in [0.4, 0.5) is 10.5 Å². The minimum atomic E-state index is -1.04. The lowest BCUT2D eigenvalue weighted by molar-refractivity contribution is -0.172. The summed E-state index contributed by atoms with van der Waals surface area (Å²) in [5.74, 6) is -0.0945. The van der Waals surface area contributed by atoms with Crippen LogP contribution in [0.2, 0.25) is 0 Å². The summed E-state index contributed by atoms with van der Waals surface area (Å²) in [5, 5.41) is 19.1. The maximum absolute atomic E-state index is 10.4. The zero-order chi connectivity index (χ0) is 8.97. The van der Waals surface area contributed by atoms with Gasteiger partial charge in [0, 0.05) is 0 Å². The first-order valence-electron chi connectivity index (χ1n) is 3.14. The molecule has 64 valence electrons. The second kappa shape index (κ2) is 3.59. The zero-order valence-electron chi connectivity index (χ0n) is 6.02. The molecule has 1 rings (SSSR count). The number of carbonyl (C=O) groups excluding carboxylic acids is 1. The lowest BCUT2D eigenvalue weighted by Crippen LogP contribution is -2.11. The first kappa shape index (κ1) is 8.35. The SMILES string of the molecule is O=C(Nc1ccccc1O)OO. The number of phenolic OH excluding ortho intramolecular Hbond substituents is 1. The van der Waals surface area contributed by atoms with Gasteiger partial charge in [0.15, 0.2) is 0 Å². The van der Waals surface area contributed by atoms with Gasteiger partial charge in [-0.15, -0.1) is 0 Å². The van der Waals surface area contributed by atoms with Gasteiger partial charge >= 0.3 is 6.09 Å². The molecule has 0 bridgehead atoms. The van der Waals surface area contributed by atoms with Gasteiger partial charge in [-0.05, 0) is 12.1 Å². The van der Waals surface area contributed by atoms with Gasteiger partial charge in [0.25, 0.3) is 0 Å². The van der Waals surface area contributed by atoms with E-state index in [2.05, 4.69) is 10.2 Å². The van der Waals surface area contributed by atoms with Gasteiger partial charge in [-0.2, -0.15) is 5.26 Å². The Labute approximate surface area is 68.1 Å². The minimum absolute atomic E-state index is 0.0945. The van der Waals surface area contributed by atoms with Crippen molar-refractivity contribution in [3.63, 3.8) is 0 Å². The van der Waals surface area contributed by atoms with Crippen molar-refractivity contribution >= 4 is 11.8 Å². The van der Waals surface area contributed by atoms with Crippen LogP contribution in [-0.4, -0.2) is 16.5 Å². The van der Waals surface area contributed by atoms with E-state index in [9.17, 15) is 4.79 Å². The number of rotatable bonds is 1. The van der Waals surface area contributed by atoms with E-state index in [1.54, 1.807) is 12.1 Å². The van der Waals surface area contributed by atoms with E-state index in [0.29, 0.717) is 0 Å². The van der Waals surface area contributed by atoms with Crippen LogP contribution in [0.3, 0.4) is 0 Å². The third-order valence-electron chi connectivity index (χ3n) is 1.22. The van der Waals surface area contributed by atoms with Crippen molar-refractivity contribution in [2.75, 3.05) is 5.32 Å². The number of aromatic hydroxyl groups is 1. The minimum Gasteiger partial charge on any atom is -0.506 e. The predicted octanol–water partition coefficient (Wildman–Crippen LogP) is 1.41. The molecule has 0 aliphatic heterocycles. The number of carbonyl (C=O) groups is 1. The molecule has 0 spiro atoms. The summed E-state index contributed by atoms with van der Waals surface area (Å²) in [5.41, 5.74) is 0.177. The van der Waals surface area contributed by atoms with Gasteiger partial charge in [-0.25, -0.2) is 4.79 Å². The summed E-state index contributed by atoms with van der Waals surface area (Å²) in [6, 6.07) is 6.08. The molecule has 0 atom stereocenters. The number of para-hydroxylation sites is 2. The third-order valence-corrected chi connectivity index (χ3v) is 1.22. The number of anilines is 1. The van der Waals surface area contributed by atoms with Crippen molar-refractivity contribution in [3.05, 3.63) is 24.3 Å². The second-order valence-electron chi connectivity index (χ2n) is 2.02. The molecule has 0 aromatic heterocycles. The number of nitrogens with one attached hydrogen (secondary N) is 1. The van der Waals surface area contributed by atoms with Crippen molar-refractivity contribution in [2.24, 2.45) is 0 Å². The summed E-state index contributed by atoms with van der Waals surface area (Å²) in [7, 11) is 0. The van der Waals surface area contributed by atoms with Gasteiger partial charge in [-0.3, -0.25) is 10.2 Å². The number of hydrogen-bond acceptors (Lipinski definition) is 4. The molecule has 1 amide bonds. The van der Waals surface area contributed by atoms with Gasteiger partial charge in [0.2, 0.25) is 0 Å². The molecular weight excluding hydrogens is 162 g/mol. The molecule has 1 aromatic rings. The molecule has 0 aliphatic carbocycles. The molecular formula is C7H7NO4. The third kappa shape index (κ3) is 1.86. The number of phenols is 1. The van der Waals surface area contributed by atoms with Crippen LogP contribution >= 0.6 is 0 Å². The first-order chi connectivity index (χ1) is 5.74. The average molecular weight is 169 g/mol. The normalized spacial score (nSPS) is 9.08. The van der Waals surface area contributed by atoms with E-state index in [4.69, 9.17) is 10.4 Å². The quantitative estimate of drug-likeness (QED) is 0.337. The number of hydrogen-bond donors (Lipinski definition) is 3. The summed E-state index contributed by atoms with van der Waals surface area (Å²) >= 11 is 0. The maximum Gasteiger partial charge on any atom is 0.442 e. The highest BCUT2D eigenvalue weighted by molar-refractivity contribution is 5.85. The van der Waals surface area contributed by atoms with E-state index < -0.39 is 6.09 Å². The van der Waals surface area contributed by atoms with Gasteiger partial charge in [0.05, 0.1) is 5.69 Å². The van der Waals surface area contributed by atoms with E-state index in [-0.39, 0.29) is 11.4 Å². The Morgan fingerprint density at radius 2 is 2.08 bits per heavy atom. The van der Waals surface area contributed by atoms with Gasteiger partial charge in [0.1, 0.15) is 5.75 Å². The van der Waals surface area contributed by atoms with Crippen molar-refractivity contribution in [2.45, 2.75) is 0 Å². The topological polar surface area (TPSA) is 78.8 Å². The molecule has 0 aliphatic rings. The van der Waals surface area contributed by atoms with Crippen molar-refractivity contribution in [3.8, 4) is 5.75 Å². The second-order valence-corrected chi connectivity index (χ2v) is 2.02. The average Bonchev–Trinajstić information content (AvgIpc) is 2.09. The summed E-state index contributed by atoms with van der Waals surface area (Å²) in [6.07, 6.45) is -1.04. The molecule has 0 saturated carbocycles. The fraction of sp³-hybridized carbons (Fsp3) is 0. The lowest BCUT2D eigenvalue weighted by atomic mass is 10.3. The fourth-order valence-electron chi connectivity index (χ4n) is 0.712. The standard InChI is InChI=1S/C7H7NO4/c9-6-4-2-1-3-5(6)8-7(10)12-11/h1-4,9,11H,(H,8,10). The van der Waals surface area contributed by atoms with Crippen LogP contribution in [0.1, 0.15) is 0 Å². The van der Waals surface area contributed by atoms with E-state index >= 15 is 0 Å². The largest absolute Gasteiger partial charge is 0.506 e. The molecule has 0 fully saturated rings. The lowest BCUT2D eigenvalue weighted by Gasteiger charge is -2.02. The fourth-order valence-corrected chi connectivity index (χ4v) is 0.712. The molecule has 3 N–H and O–H groups in total. The van der Waals surface area contributed by atoms with Crippen LogP contribution < -0.4 is 5.32 Å². The Balaban J connectivity index is 2.75. The van der Waals surface area contributed by atoms with Crippen molar-refractivity contribution < 1.29 is 20.0 Å². The molecule has 0 saturated heterocycles. The van der Waals surface area contributed by atoms with Crippen molar-refractivity contribution in [1.82, 2.24) is 0 Å². The molecule has 0 heterocycles. The Hall–Kier alpha value is -1.75. The van der Waals surface area contributed by atoms with Crippen molar-refractivity contribution in [1.29, 1.82) is 0 Å². The Kier molecular flexibility index (Phi) is 2.49. The molecule has 0 radical (unpaired) electrons. The molecule has 12 heavy (non-hydrogen) atoms. The Bertz CT molecular complexity index is 286. The Morgan fingerprint density at radius 3 is 2.67 bits per heavy atom. The van der Waals surface area contributed by atoms with Crippen LogP contribution in [0.15, 0.2) is 24.3 Å². The molecule has 5 nitrogen and oxygen atoms in total. The molecule has 1 aromatic carbocycles. The van der Waals surface area contributed by atoms with E-state index in [1.807, 2.05) is 0 Å². The molecule has 5 heteroatoms. The zero-order valence-corrected chi connectivity index (χ0v) is 6.02. The first-order valence-corrected chi connectivity index (χ1v) is 3.14.